The smallest absolute Gasteiger partial charge is 0.218 e. The van der Waals surface area contributed by atoms with Crippen molar-refractivity contribution in [2.75, 3.05) is 0 Å². The zero-order chi connectivity index (χ0) is 9.68. The minimum Gasteiger partial charge on any atom is -0.444 e. The Morgan fingerprint density at radius 2 is 2.31 bits per heavy atom. The van der Waals surface area contributed by atoms with Crippen molar-refractivity contribution in [3.8, 4) is 5.88 Å². The second kappa shape index (κ2) is 4.65. The number of nitrogens with zero attached hydrogens (tertiary/aromatic N) is 1. The van der Waals surface area contributed by atoms with Crippen molar-refractivity contribution < 1.29 is 4.74 Å². The molecule has 1 aromatic rings. The SMILES string of the molecule is CC=C(C)Oc1ccc(CC)cn1. The van der Waals surface area contributed by atoms with Gasteiger partial charge in [0.2, 0.25) is 5.88 Å². The third-order valence-corrected chi connectivity index (χ3v) is 1.88. The number of pyridine rings is 1. The minimum absolute atomic E-state index is 0.660. The molecule has 0 aliphatic heterocycles. The summed E-state index contributed by atoms with van der Waals surface area (Å²) in [5.74, 6) is 1.53. The first kappa shape index (κ1) is 9.78. The van der Waals surface area contributed by atoms with Gasteiger partial charge in [-0.1, -0.05) is 13.0 Å². The van der Waals surface area contributed by atoms with Gasteiger partial charge in [-0.05, 0) is 31.9 Å². The van der Waals surface area contributed by atoms with Crippen LogP contribution in [-0.2, 0) is 6.42 Å². The molecule has 70 valence electrons. The third-order valence-electron chi connectivity index (χ3n) is 1.88. The highest BCUT2D eigenvalue weighted by Gasteiger charge is 1.95. The van der Waals surface area contributed by atoms with E-state index >= 15 is 0 Å². The molecule has 0 unspecified atom stereocenters. The summed E-state index contributed by atoms with van der Waals surface area (Å²) >= 11 is 0. The zero-order valence-electron chi connectivity index (χ0n) is 8.37. The lowest BCUT2D eigenvalue weighted by molar-refractivity contribution is 0.409. The van der Waals surface area contributed by atoms with Gasteiger partial charge in [-0.3, -0.25) is 0 Å². The Hall–Kier alpha value is -1.31. The van der Waals surface area contributed by atoms with Gasteiger partial charge in [0, 0.05) is 12.3 Å². The van der Waals surface area contributed by atoms with Crippen LogP contribution in [0.1, 0.15) is 26.3 Å². The van der Waals surface area contributed by atoms with Crippen molar-refractivity contribution in [1.29, 1.82) is 0 Å². The Morgan fingerprint density at radius 3 is 2.77 bits per heavy atom. The van der Waals surface area contributed by atoms with Crippen LogP contribution in [-0.4, -0.2) is 4.98 Å². The fraction of sp³-hybridized carbons (Fsp3) is 0.364. The molecule has 0 atom stereocenters. The number of hydrogen-bond acceptors (Lipinski definition) is 2. The average molecular weight is 177 g/mol. The molecule has 0 saturated heterocycles. The van der Waals surface area contributed by atoms with Gasteiger partial charge in [-0.2, -0.15) is 0 Å². The van der Waals surface area contributed by atoms with Crippen molar-refractivity contribution in [3.63, 3.8) is 0 Å². The van der Waals surface area contributed by atoms with Crippen LogP contribution in [0.2, 0.25) is 0 Å². The van der Waals surface area contributed by atoms with Gasteiger partial charge in [0.25, 0.3) is 0 Å². The Bertz CT molecular complexity index is 287. The van der Waals surface area contributed by atoms with E-state index in [-0.39, 0.29) is 0 Å². The Balaban J connectivity index is 2.69. The highest BCUT2D eigenvalue weighted by molar-refractivity contribution is 5.19. The maximum atomic E-state index is 5.41. The Morgan fingerprint density at radius 1 is 1.54 bits per heavy atom. The van der Waals surface area contributed by atoms with Gasteiger partial charge in [-0.25, -0.2) is 4.98 Å². The van der Waals surface area contributed by atoms with Gasteiger partial charge in [0.1, 0.15) is 0 Å². The maximum absolute atomic E-state index is 5.41. The van der Waals surface area contributed by atoms with E-state index in [4.69, 9.17) is 4.74 Å². The molecule has 0 radical (unpaired) electrons. The average Bonchev–Trinajstić information content (AvgIpc) is 2.19. The van der Waals surface area contributed by atoms with Gasteiger partial charge in [0.05, 0.1) is 5.76 Å². The summed E-state index contributed by atoms with van der Waals surface area (Å²) < 4.78 is 5.41. The van der Waals surface area contributed by atoms with Crippen LogP contribution in [0, 0.1) is 0 Å². The molecule has 2 heteroatoms. The van der Waals surface area contributed by atoms with Crippen molar-refractivity contribution in [2.45, 2.75) is 27.2 Å². The van der Waals surface area contributed by atoms with Crippen molar-refractivity contribution >= 4 is 0 Å². The summed E-state index contributed by atoms with van der Waals surface area (Å²) in [5.41, 5.74) is 1.23. The zero-order valence-corrected chi connectivity index (χ0v) is 8.37. The van der Waals surface area contributed by atoms with E-state index in [2.05, 4.69) is 11.9 Å². The fourth-order valence-corrected chi connectivity index (χ4v) is 0.904. The molecular weight excluding hydrogens is 162 g/mol. The normalized spacial score (nSPS) is 11.5. The summed E-state index contributed by atoms with van der Waals surface area (Å²) in [7, 11) is 0. The van der Waals surface area contributed by atoms with Gasteiger partial charge in [-0.15, -0.1) is 0 Å². The topological polar surface area (TPSA) is 22.1 Å². The fourth-order valence-electron chi connectivity index (χ4n) is 0.904. The van der Waals surface area contributed by atoms with Crippen molar-refractivity contribution in [2.24, 2.45) is 0 Å². The number of ether oxygens (including phenoxy) is 1. The second-order valence-electron chi connectivity index (χ2n) is 2.86. The standard InChI is InChI=1S/C11H15NO/c1-4-9(3)13-11-7-6-10(5-2)8-12-11/h4,6-8H,5H2,1-3H3. The second-order valence-corrected chi connectivity index (χ2v) is 2.86. The Labute approximate surface area is 79.3 Å². The molecule has 1 rings (SSSR count). The van der Waals surface area contributed by atoms with Gasteiger partial charge in [0.15, 0.2) is 0 Å². The monoisotopic (exact) mass is 177 g/mol. The predicted molar refractivity (Wildman–Crippen MR) is 53.7 cm³/mol. The maximum Gasteiger partial charge on any atom is 0.218 e. The number of allylic oxidation sites excluding steroid dienone is 2. The molecule has 0 spiro atoms. The summed E-state index contributed by atoms with van der Waals surface area (Å²) in [6.07, 6.45) is 4.77. The first-order valence-electron chi connectivity index (χ1n) is 4.52. The highest BCUT2D eigenvalue weighted by atomic mass is 16.5. The summed E-state index contributed by atoms with van der Waals surface area (Å²) in [4.78, 5) is 4.17. The Kier molecular flexibility index (Phi) is 3.50. The van der Waals surface area contributed by atoms with E-state index in [0.717, 1.165) is 12.2 Å². The van der Waals surface area contributed by atoms with Gasteiger partial charge >= 0.3 is 0 Å². The van der Waals surface area contributed by atoms with E-state index in [1.807, 2.05) is 38.3 Å². The van der Waals surface area contributed by atoms with E-state index in [1.165, 1.54) is 5.56 Å². The quantitative estimate of drug-likeness (QED) is 0.662. The number of aromatic nitrogens is 1. The number of aryl methyl sites for hydroxylation is 1. The molecule has 13 heavy (non-hydrogen) atoms. The van der Waals surface area contributed by atoms with Crippen LogP contribution in [0.5, 0.6) is 5.88 Å². The molecule has 0 saturated carbocycles. The van der Waals surface area contributed by atoms with Crippen LogP contribution in [0.4, 0.5) is 0 Å². The lowest BCUT2D eigenvalue weighted by Crippen LogP contribution is -1.93. The van der Waals surface area contributed by atoms with Crippen LogP contribution >= 0.6 is 0 Å². The van der Waals surface area contributed by atoms with E-state index in [0.29, 0.717) is 5.88 Å². The molecule has 0 amide bonds. The van der Waals surface area contributed by atoms with E-state index in [9.17, 15) is 0 Å². The summed E-state index contributed by atoms with van der Waals surface area (Å²) in [6, 6.07) is 3.93. The molecule has 0 aliphatic carbocycles. The molecule has 1 heterocycles. The highest BCUT2D eigenvalue weighted by Crippen LogP contribution is 2.10. The number of hydrogen-bond donors (Lipinski definition) is 0. The van der Waals surface area contributed by atoms with Crippen LogP contribution < -0.4 is 4.74 Å². The summed E-state index contributed by atoms with van der Waals surface area (Å²) in [5, 5.41) is 0. The molecule has 0 aromatic carbocycles. The first-order valence-corrected chi connectivity index (χ1v) is 4.52. The molecule has 1 aromatic heterocycles. The third kappa shape index (κ3) is 2.90. The minimum atomic E-state index is 0.660. The van der Waals surface area contributed by atoms with Gasteiger partial charge < -0.3 is 4.74 Å². The molecular formula is C11H15NO. The molecule has 0 fully saturated rings. The number of rotatable bonds is 3. The van der Waals surface area contributed by atoms with Crippen LogP contribution in [0.3, 0.4) is 0 Å². The molecule has 2 nitrogen and oxygen atoms in total. The first-order chi connectivity index (χ1) is 6.26. The largest absolute Gasteiger partial charge is 0.444 e. The molecule has 0 N–H and O–H groups in total. The molecule has 0 bridgehead atoms. The predicted octanol–water partition coefficient (Wildman–Crippen LogP) is 2.95. The van der Waals surface area contributed by atoms with E-state index < -0.39 is 0 Å². The van der Waals surface area contributed by atoms with Crippen molar-refractivity contribution in [1.82, 2.24) is 4.98 Å². The molecule has 0 aliphatic rings. The lowest BCUT2D eigenvalue weighted by atomic mass is 10.2. The van der Waals surface area contributed by atoms with Crippen LogP contribution in [0.25, 0.3) is 0 Å². The van der Waals surface area contributed by atoms with Crippen molar-refractivity contribution in [3.05, 3.63) is 35.7 Å². The van der Waals surface area contributed by atoms with E-state index in [1.54, 1.807) is 0 Å². The lowest BCUT2D eigenvalue weighted by Gasteiger charge is -2.04. The summed E-state index contributed by atoms with van der Waals surface area (Å²) in [6.45, 7) is 5.96. The van der Waals surface area contributed by atoms with Crippen LogP contribution in [0.15, 0.2) is 30.2 Å².